The van der Waals surface area contributed by atoms with Gasteiger partial charge in [0.05, 0.1) is 17.1 Å². The highest BCUT2D eigenvalue weighted by atomic mass is 16.4. The zero-order valence-corrected chi connectivity index (χ0v) is 24.1. The third-order valence-corrected chi connectivity index (χ3v) is 7.08. The van der Waals surface area contributed by atoms with Gasteiger partial charge in [0.2, 0.25) is 0 Å². The van der Waals surface area contributed by atoms with Gasteiger partial charge in [0.25, 0.3) is 0 Å². The van der Waals surface area contributed by atoms with Crippen LogP contribution in [0.4, 0.5) is 0 Å². The van der Waals surface area contributed by atoms with E-state index in [2.05, 4.69) is 29.7 Å². The van der Waals surface area contributed by atoms with E-state index in [4.69, 9.17) is 0 Å². The summed E-state index contributed by atoms with van der Waals surface area (Å²) in [5.74, 6) is -3.21. The second-order valence-corrected chi connectivity index (χ2v) is 10.8. The maximum Gasteiger partial charge on any atom is 0.354 e. The van der Waals surface area contributed by atoms with Crippen LogP contribution in [0, 0.1) is 20.8 Å². The number of carboxylic acids is 3. The minimum atomic E-state index is -1.07. The lowest BCUT2D eigenvalue weighted by molar-refractivity contribution is 0.0679. The number of hydrogen-bond acceptors (Lipinski definition) is 9. The Morgan fingerprint density at radius 3 is 0.976 bits per heavy atom. The van der Waals surface area contributed by atoms with Gasteiger partial charge >= 0.3 is 17.9 Å². The second kappa shape index (κ2) is 13.6. The fraction of sp³-hybridized carbons (Fsp3) is 0.400. The first-order valence-electron chi connectivity index (χ1n) is 13.7. The molecule has 3 aromatic heterocycles. The highest BCUT2D eigenvalue weighted by Gasteiger charge is 2.20. The molecule has 1 saturated heterocycles. The number of pyridine rings is 3. The van der Waals surface area contributed by atoms with Crippen LogP contribution >= 0.6 is 0 Å². The summed E-state index contributed by atoms with van der Waals surface area (Å²) in [4.78, 5) is 54.5. The number of aromatic carboxylic acids is 3. The van der Waals surface area contributed by atoms with Crippen LogP contribution < -0.4 is 0 Å². The molecule has 12 nitrogen and oxygen atoms in total. The van der Waals surface area contributed by atoms with Crippen molar-refractivity contribution in [3.05, 3.63) is 87.3 Å². The molecule has 0 amide bonds. The average molecular weight is 577 g/mol. The molecule has 1 aliphatic heterocycles. The molecule has 42 heavy (non-hydrogen) atoms. The summed E-state index contributed by atoms with van der Waals surface area (Å²) in [7, 11) is 0. The van der Waals surface area contributed by atoms with E-state index in [-0.39, 0.29) is 17.1 Å². The van der Waals surface area contributed by atoms with Crippen molar-refractivity contribution in [3.63, 3.8) is 0 Å². The molecule has 1 aliphatic rings. The Labute approximate surface area is 244 Å². The van der Waals surface area contributed by atoms with Crippen LogP contribution in [0.3, 0.4) is 0 Å². The highest BCUT2D eigenvalue weighted by molar-refractivity contribution is 5.86. The van der Waals surface area contributed by atoms with E-state index < -0.39 is 17.9 Å². The molecule has 1 fully saturated rings. The van der Waals surface area contributed by atoms with Crippen molar-refractivity contribution in [1.29, 1.82) is 0 Å². The lowest BCUT2D eigenvalue weighted by Gasteiger charge is -2.25. The number of carboxylic acid groups (broad SMARTS) is 3. The van der Waals surface area contributed by atoms with Crippen LogP contribution in [0.15, 0.2) is 36.4 Å². The van der Waals surface area contributed by atoms with E-state index in [0.29, 0.717) is 76.0 Å². The minimum Gasteiger partial charge on any atom is -0.477 e. The molecule has 3 aromatic rings. The SMILES string of the molecule is Cc1cc(CN2CCN(Cc3cc(C)cc(C(=O)O)n3)CCN(Cc3cc(C)cc(C(=O)O)n3)CC2)nc(C(=O)O)c1. The Hall–Kier alpha value is -4.26. The minimum absolute atomic E-state index is 0.0111. The van der Waals surface area contributed by atoms with Crippen LogP contribution in [0.25, 0.3) is 0 Å². The first-order valence-corrected chi connectivity index (χ1v) is 13.7. The summed E-state index contributed by atoms with van der Waals surface area (Å²) in [6.07, 6.45) is 0. The molecule has 0 aliphatic carbocycles. The molecule has 3 N–H and O–H groups in total. The van der Waals surface area contributed by atoms with Crippen LogP contribution in [0.5, 0.6) is 0 Å². The maximum atomic E-state index is 11.6. The number of carbonyl (C=O) groups is 3. The number of hydrogen-bond donors (Lipinski definition) is 3. The van der Waals surface area contributed by atoms with E-state index >= 15 is 0 Å². The summed E-state index contributed by atoms with van der Waals surface area (Å²) < 4.78 is 0. The monoisotopic (exact) mass is 576 g/mol. The van der Waals surface area contributed by atoms with Crippen molar-refractivity contribution >= 4 is 17.9 Å². The smallest absolute Gasteiger partial charge is 0.354 e. The maximum absolute atomic E-state index is 11.6. The molecular formula is C30H36N6O6. The largest absolute Gasteiger partial charge is 0.477 e. The van der Waals surface area contributed by atoms with E-state index in [1.165, 1.54) is 0 Å². The second-order valence-electron chi connectivity index (χ2n) is 10.8. The zero-order valence-electron chi connectivity index (χ0n) is 24.1. The molecule has 0 bridgehead atoms. The third kappa shape index (κ3) is 8.62. The van der Waals surface area contributed by atoms with Crippen molar-refractivity contribution in [2.45, 2.75) is 40.4 Å². The Morgan fingerprint density at radius 2 is 0.762 bits per heavy atom. The van der Waals surface area contributed by atoms with Crippen LogP contribution in [-0.4, -0.2) is 102 Å². The lowest BCUT2D eigenvalue weighted by atomic mass is 10.2. The lowest BCUT2D eigenvalue weighted by Crippen LogP contribution is -2.36. The Kier molecular flexibility index (Phi) is 9.94. The van der Waals surface area contributed by atoms with E-state index in [1.54, 1.807) is 18.2 Å². The fourth-order valence-corrected chi connectivity index (χ4v) is 5.14. The summed E-state index contributed by atoms with van der Waals surface area (Å²) in [5.41, 5.74) is 4.51. The molecule has 12 heteroatoms. The van der Waals surface area contributed by atoms with Gasteiger partial charge in [-0.3, -0.25) is 14.7 Å². The van der Waals surface area contributed by atoms with Crippen molar-refractivity contribution in [3.8, 4) is 0 Å². The predicted molar refractivity (Wildman–Crippen MR) is 154 cm³/mol. The molecule has 4 heterocycles. The molecule has 0 unspecified atom stereocenters. The molecule has 0 atom stereocenters. The standard InChI is InChI=1S/C30H36N6O6/c1-19-10-22(31-25(13-19)28(37)38)16-34-4-6-35(17-23-11-20(2)14-26(32-23)29(39)40)8-9-36(7-5-34)18-24-12-21(3)15-27(33-24)30(41)42/h10-15H,4-9,16-18H2,1-3H3,(H,37,38)(H,39,40)(H,41,42). The molecule has 0 saturated carbocycles. The molecule has 0 spiro atoms. The molecule has 0 aromatic carbocycles. The molecule has 0 radical (unpaired) electrons. The normalized spacial score (nSPS) is 15.5. The molecular weight excluding hydrogens is 540 g/mol. The van der Waals surface area contributed by atoms with E-state index in [0.717, 1.165) is 16.7 Å². The van der Waals surface area contributed by atoms with Gasteiger partial charge in [-0.05, 0) is 73.9 Å². The first-order chi connectivity index (χ1) is 19.9. The van der Waals surface area contributed by atoms with Crippen molar-refractivity contribution in [2.75, 3.05) is 39.3 Å². The number of aryl methyl sites for hydroxylation is 3. The van der Waals surface area contributed by atoms with Crippen LogP contribution in [0.2, 0.25) is 0 Å². The highest BCUT2D eigenvalue weighted by Crippen LogP contribution is 2.14. The quantitative estimate of drug-likeness (QED) is 0.342. The van der Waals surface area contributed by atoms with Gasteiger partial charge in [-0.15, -0.1) is 0 Å². The van der Waals surface area contributed by atoms with Gasteiger partial charge < -0.3 is 15.3 Å². The van der Waals surface area contributed by atoms with Gasteiger partial charge in [-0.25, -0.2) is 29.3 Å². The molecule has 222 valence electrons. The first kappa shape index (κ1) is 30.7. The number of nitrogens with zero attached hydrogens (tertiary/aromatic N) is 6. The van der Waals surface area contributed by atoms with Gasteiger partial charge in [-0.1, -0.05) is 0 Å². The number of aromatic nitrogens is 3. The van der Waals surface area contributed by atoms with Gasteiger partial charge in [0.15, 0.2) is 0 Å². The zero-order chi connectivity index (χ0) is 30.4. The summed E-state index contributed by atoms with van der Waals surface area (Å²) in [6, 6.07) is 10.3. The van der Waals surface area contributed by atoms with Gasteiger partial charge in [0, 0.05) is 58.9 Å². The van der Waals surface area contributed by atoms with Crippen molar-refractivity contribution < 1.29 is 29.7 Å². The van der Waals surface area contributed by atoms with E-state index in [9.17, 15) is 29.7 Å². The Bertz CT molecular complexity index is 1290. The van der Waals surface area contributed by atoms with E-state index in [1.807, 2.05) is 39.0 Å². The summed E-state index contributed by atoms with van der Waals surface area (Å²) >= 11 is 0. The predicted octanol–water partition coefficient (Wildman–Crippen LogP) is 2.71. The van der Waals surface area contributed by atoms with Gasteiger partial charge in [0.1, 0.15) is 17.1 Å². The topological polar surface area (TPSA) is 160 Å². The fourth-order valence-electron chi connectivity index (χ4n) is 5.14. The van der Waals surface area contributed by atoms with Crippen molar-refractivity contribution in [2.24, 2.45) is 0 Å². The van der Waals surface area contributed by atoms with Crippen molar-refractivity contribution in [1.82, 2.24) is 29.7 Å². The Balaban J connectivity index is 1.58. The summed E-state index contributed by atoms with van der Waals surface area (Å²) in [6.45, 7) is 11.0. The number of rotatable bonds is 9. The van der Waals surface area contributed by atoms with Gasteiger partial charge in [-0.2, -0.15) is 0 Å². The average Bonchev–Trinajstić information content (AvgIpc) is 2.99. The summed E-state index contributed by atoms with van der Waals surface area (Å²) in [5, 5.41) is 28.4. The Morgan fingerprint density at radius 1 is 0.524 bits per heavy atom. The van der Waals surface area contributed by atoms with Crippen LogP contribution in [0.1, 0.15) is 65.2 Å². The van der Waals surface area contributed by atoms with Crippen LogP contribution in [-0.2, 0) is 19.6 Å². The third-order valence-electron chi connectivity index (χ3n) is 7.08. The molecule has 4 rings (SSSR count).